The molecule has 2 aliphatic heterocycles. The van der Waals surface area contributed by atoms with Crippen molar-refractivity contribution in [2.24, 2.45) is 0 Å². The Hall–Kier alpha value is -4.36. The Morgan fingerprint density at radius 2 is 0.978 bits per heavy atom. The lowest BCUT2D eigenvalue weighted by Crippen LogP contribution is -2.36. The zero-order valence-electron chi connectivity index (χ0n) is 25.0. The van der Waals surface area contributed by atoms with Gasteiger partial charge in [0.25, 0.3) is 12.0 Å². The van der Waals surface area contributed by atoms with Gasteiger partial charge in [-0.05, 0) is 60.7 Å². The molecule has 4 heterocycles. The third kappa shape index (κ3) is 6.34. The zero-order valence-corrected chi connectivity index (χ0v) is 26.6. The van der Waals surface area contributed by atoms with Gasteiger partial charge in [0, 0.05) is 47.3 Å². The van der Waals surface area contributed by atoms with Crippen molar-refractivity contribution < 1.29 is 18.3 Å². The molecule has 0 atom stereocenters. The Morgan fingerprint density at radius 1 is 0.543 bits per heavy atom. The van der Waals surface area contributed by atoms with Crippen LogP contribution in [0.5, 0.6) is 0 Å². The number of hydrogen-bond acceptors (Lipinski definition) is 12. The monoisotopic (exact) mass is 652 g/mol. The largest absolute Gasteiger partial charge is 0.423 e. The molecule has 46 heavy (non-hydrogen) atoms. The molecule has 6 aromatic rings. The molecule has 0 saturated carbocycles. The van der Waals surface area contributed by atoms with Crippen LogP contribution in [-0.4, -0.2) is 62.6 Å². The Morgan fingerprint density at radius 3 is 1.41 bits per heavy atom. The third-order valence-corrected chi connectivity index (χ3v) is 10.4. The number of nitrogens with zero attached hydrogens (tertiary/aromatic N) is 4. The first kappa shape index (κ1) is 29.1. The van der Waals surface area contributed by atoms with Gasteiger partial charge in [-0.2, -0.15) is 9.97 Å². The lowest BCUT2D eigenvalue weighted by atomic mass is 10.2. The van der Waals surface area contributed by atoms with Crippen LogP contribution in [0.2, 0.25) is 0 Å². The van der Waals surface area contributed by atoms with Gasteiger partial charge in [0.2, 0.25) is 0 Å². The summed E-state index contributed by atoms with van der Waals surface area (Å²) in [4.78, 5) is 16.2. The van der Waals surface area contributed by atoms with Gasteiger partial charge >= 0.3 is 0 Å². The molecule has 0 radical (unpaired) electrons. The highest BCUT2D eigenvalue weighted by Gasteiger charge is 2.19. The maximum atomic E-state index is 6.02. The molecule has 2 aromatic heterocycles. The highest BCUT2D eigenvalue weighted by Crippen LogP contribution is 2.47. The fraction of sp³-hybridized carbons (Fsp3) is 0.235. The molecule has 234 valence electrons. The molecule has 2 fully saturated rings. The van der Waals surface area contributed by atoms with Gasteiger partial charge in [-0.15, -0.1) is 0 Å². The van der Waals surface area contributed by atoms with E-state index >= 15 is 0 Å². The van der Waals surface area contributed by atoms with Gasteiger partial charge in [0.05, 0.1) is 37.8 Å². The first-order chi connectivity index (χ1) is 22.7. The predicted octanol–water partition coefficient (Wildman–Crippen LogP) is 7.93. The van der Waals surface area contributed by atoms with Crippen molar-refractivity contribution in [3.63, 3.8) is 0 Å². The van der Waals surface area contributed by atoms with Crippen molar-refractivity contribution in [3.8, 4) is 0 Å². The number of para-hydroxylation sites is 4. The van der Waals surface area contributed by atoms with Crippen molar-refractivity contribution in [2.45, 2.75) is 9.79 Å². The number of ether oxygens (including phenoxy) is 2. The van der Waals surface area contributed by atoms with Crippen molar-refractivity contribution >= 4 is 78.6 Å². The van der Waals surface area contributed by atoms with E-state index in [-0.39, 0.29) is 0 Å². The first-order valence-corrected chi connectivity index (χ1v) is 17.4. The molecular weight excluding hydrogens is 621 g/mol. The SMILES string of the molecule is c1ccc2oc(Nc3ccc(N4CCOCC4)cc3SSc3cc(N4CCOCC4)ccc3Nc3nc4ccccc4o3)nc2c1. The van der Waals surface area contributed by atoms with Crippen molar-refractivity contribution in [2.75, 3.05) is 73.0 Å². The summed E-state index contributed by atoms with van der Waals surface area (Å²) in [6.07, 6.45) is 0. The molecule has 0 unspecified atom stereocenters. The topological polar surface area (TPSA) is 101 Å². The van der Waals surface area contributed by atoms with Crippen molar-refractivity contribution in [1.29, 1.82) is 0 Å². The average molecular weight is 653 g/mol. The van der Waals surface area contributed by atoms with Crippen LogP contribution >= 0.6 is 21.6 Å². The summed E-state index contributed by atoms with van der Waals surface area (Å²) in [6.45, 7) is 6.31. The minimum atomic E-state index is 0.458. The minimum Gasteiger partial charge on any atom is -0.423 e. The van der Waals surface area contributed by atoms with Gasteiger partial charge in [-0.3, -0.25) is 0 Å². The van der Waals surface area contributed by atoms with Crippen LogP contribution < -0.4 is 20.4 Å². The van der Waals surface area contributed by atoms with Crippen LogP contribution in [0.15, 0.2) is 104 Å². The number of oxazole rings is 2. The smallest absolute Gasteiger partial charge is 0.300 e. The summed E-state index contributed by atoms with van der Waals surface area (Å²) in [6, 6.07) is 29.4. The maximum absolute atomic E-state index is 6.02. The molecule has 10 nitrogen and oxygen atoms in total. The molecule has 12 heteroatoms. The number of benzene rings is 4. The molecule has 2 N–H and O–H groups in total. The second-order valence-electron chi connectivity index (χ2n) is 10.9. The normalized spacial score (nSPS) is 15.5. The fourth-order valence-corrected chi connectivity index (χ4v) is 7.88. The number of rotatable bonds is 9. The molecule has 2 aliphatic rings. The Kier molecular flexibility index (Phi) is 8.32. The van der Waals surface area contributed by atoms with Crippen LogP contribution in [0.4, 0.5) is 34.8 Å². The van der Waals surface area contributed by atoms with Crippen LogP contribution in [0.1, 0.15) is 0 Å². The van der Waals surface area contributed by atoms with Crippen LogP contribution in [-0.2, 0) is 9.47 Å². The van der Waals surface area contributed by atoms with E-state index in [0.717, 1.165) is 107 Å². The second kappa shape index (κ2) is 13.2. The van der Waals surface area contributed by atoms with Gasteiger partial charge < -0.3 is 38.7 Å². The van der Waals surface area contributed by atoms with Gasteiger partial charge in [-0.1, -0.05) is 45.9 Å². The Labute approximate surface area is 273 Å². The molecule has 0 spiro atoms. The first-order valence-electron chi connectivity index (χ1n) is 15.3. The van der Waals surface area contributed by atoms with Gasteiger partial charge in [-0.25, -0.2) is 0 Å². The van der Waals surface area contributed by atoms with Crippen LogP contribution in [0, 0.1) is 0 Å². The summed E-state index contributed by atoms with van der Waals surface area (Å²) in [5.41, 5.74) is 7.25. The van der Waals surface area contributed by atoms with Gasteiger partial charge in [0.1, 0.15) is 11.0 Å². The van der Waals surface area contributed by atoms with E-state index in [1.54, 1.807) is 21.6 Å². The van der Waals surface area contributed by atoms with E-state index < -0.39 is 0 Å². The molecule has 0 amide bonds. The zero-order chi connectivity index (χ0) is 30.7. The third-order valence-electron chi connectivity index (χ3n) is 7.98. The summed E-state index contributed by atoms with van der Waals surface area (Å²) in [5, 5.41) is 6.89. The number of nitrogens with one attached hydrogen (secondary N) is 2. The van der Waals surface area contributed by atoms with E-state index in [9.17, 15) is 0 Å². The number of morpholine rings is 2. The Balaban J connectivity index is 1.12. The van der Waals surface area contributed by atoms with Gasteiger partial charge in [0.15, 0.2) is 11.2 Å². The van der Waals surface area contributed by atoms with E-state index in [2.05, 4.69) is 66.8 Å². The van der Waals surface area contributed by atoms with E-state index in [1.165, 1.54) is 0 Å². The lowest BCUT2D eigenvalue weighted by Gasteiger charge is -2.30. The summed E-state index contributed by atoms with van der Waals surface area (Å²) >= 11 is 0. The summed E-state index contributed by atoms with van der Waals surface area (Å²) < 4.78 is 23.3. The Bertz CT molecular complexity index is 1760. The van der Waals surface area contributed by atoms with Crippen molar-refractivity contribution in [3.05, 3.63) is 84.9 Å². The number of fused-ring (bicyclic) bond motifs is 2. The average Bonchev–Trinajstić information content (AvgIpc) is 3.72. The number of hydrogen-bond donors (Lipinski definition) is 2. The highest BCUT2D eigenvalue weighted by atomic mass is 33.1. The summed E-state index contributed by atoms with van der Waals surface area (Å²) in [7, 11) is 3.36. The van der Waals surface area contributed by atoms with E-state index in [1.807, 2.05) is 48.5 Å². The molecule has 0 bridgehead atoms. The molecule has 4 aromatic carbocycles. The second-order valence-corrected chi connectivity index (χ2v) is 13.2. The minimum absolute atomic E-state index is 0.458. The predicted molar refractivity (Wildman–Crippen MR) is 185 cm³/mol. The molecule has 0 aliphatic carbocycles. The van der Waals surface area contributed by atoms with E-state index in [4.69, 9.17) is 18.3 Å². The maximum Gasteiger partial charge on any atom is 0.300 e. The van der Waals surface area contributed by atoms with Crippen molar-refractivity contribution in [1.82, 2.24) is 9.97 Å². The van der Waals surface area contributed by atoms with Crippen LogP contribution in [0.3, 0.4) is 0 Å². The fourth-order valence-electron chi connectivity index (χ4n) is 5.57. The highest BCUT2D eigenvalue weighted by molar-refractivity contribution is 8.76. The standard InChI is InChI=1S/C34H32N6O4S2/c1-3-7-29-25(5-1)35-33(43-29)37-27-11-9-23(39-13-17-41-18-14-39)21-31(27)45-46-32-22-24(40-15-19-42-20-16-40)10-12-28(32)38-34-36-26-6-2-4-8-30(26)44-34/h1-12,21-22H,13-20H2,(H,35,37)(H,36,38). The molecular formula is C34H32N6O4S2. The number of aromatic nitrogens is 2. The molecule has 8 rings (SSSR count). The van der Waals surface area contributed by atoms with Crippen LogP contribution in [0.25, 0.3) is 22.2 Å². The lowest BCUT2D eigenvalue weighted by molar-refractivity contribution is 0.122. The van der Waals surface area contributed by atoms with E-state index in [0.29, 0.717) is 12.0 Å². The quantitative estimate of drug-likeness (QED) is 0.148. The number of anilines is 6. The molecule has 2 saturated heterocycles. The summed E-state index contributed by atoms with van der Waals surface area (Å²) in [5.74, 6) is 0.